The largest absolute Gasteiger partial charge is 0.422 e. The van der Waals surface area contributed by atoms with E-state index in [1.54, 1.807) is 23.1 Å². The van der Waals surface area contributed by atoms with Crippen LogP contribution in [0.15, 0.2) is 39.5 Å². The summed E-state index contributed by atoms with van der Waals surface area (Å²) >= 11 is 0. The number of nitrogens with zero attached hydrogens (tertiary/aromatic N) is 2. The van der Waals surface area contributed by atoms with Crippen LogP contribution in [0.4, 0.5) is 0 Å². The minimum absolute atomic E-state index is 0.0610. The summed E-state index contributed by atoms with van der Waals surface area (Å²) in [7, 11) is -2.87. The van der Waals surface area contributed by atoms with E-state index in [4.69, 9.17) is 4.42 Å². The van der Waals surface area contributed by atoms with Gasteiger partial charge in [-0.3, -0.25) is 9.69 Å². The van der Waals surface area contributed by atoms with Crippen molar-refractivity contribution in [3.63, 3.8) is 0 Å². The molecule has 0 aliphatic carbocycles. The first-order valence-electron chi connectivity index (χ1n) is 9.20. The quantitative estimate of drug-likeness (QED) is 0.715. The molecule has 144 valence electrons. The lowest BCUT2D eigenvalue weighted by atomic mass is 10.1. The molecule has 0 saturated carbocycles. The zero-order valence-corrected chi connectivity index (χ0v) is 15.8. The summed E-state index contributed by atoms with van der Waals surface area (Å²) in [6.45, 7) is 2.42. The predicted molar refractivity (Wildman–Crippen MR) is 102 cm³/mol. The van der Waals surface area contributed by atoms with E-state index in [2.05, 4.69) is 4.90 Å². The van der Waals surface area contributed by atoms with Crippen molar-refractivity contribution in [2.75, 3.05) is 37.7 Å². The number of para-hydroxylation sites is 1. The molecule has 2 fully saturated rings. The van der Waals surface area contributed by atoms with Crippen molar-refractivity contribution in [1.29, 1.82) is 0 Å². The van der Waals surface area contributed by atoms with E-state index < -0.39 is 15.5 Å². The predicted octanol–water partition coefficient (Wildman–Crippen LogP) is 1.13. The maximum atomic E-state index is 12.8. The monoisotopic (exact) mass is 390 g/mol. The van der Waals surface area contributed by atoms with Gasteiger partial charge in [-0.25, -0.2) is 13.2 Å². The Kier molecular flexibility index (Phi) is 4.77. The van der Waals surface area contributed by atoms with Crippen LogP contribution in [0.2, 0.25) is 0 Å². The van der Waals surface area contributed by atoms with Gasteiger partial charge < -0.3 is 9.32 Å². The Balaban J connectivity index is 1.43. The summed E-state index contributed by atoms with van der Waals surface area (Å²) in [4.78, 5) is 29.0. The third-order valence-electron chi connectivity index (χ3n) is 5.51. The number of carbonyl (C=O) groups excluding carboxylic acids is 1. The van der Waals surface area contributed by atoms with Crippen molar-refractivity contribution in [3.05, 3.63) is 46.3 Å². The van der Waals surface area contributed by atoms with Crippen LogP contribution in [0.5, 0.6) is 0 Å². The first-order chi connectivity index (χ1) is 12.9. The highest BCUT2D eigenvalue weighted by molar-refractivity contribution is 7.91. The number of piperazine rings is 1. The highest BCUT2D eigenvalue weighted by atomic mass is 32.2. The van der Waals surface area contributed by atoms with Crippen LogP contribution in [0, 0.1) is 0 Å². The minimum atomic E-state index is -2.87. The van der Waals surface area contributed by atoms with E-state index in [0.717, 1.165) is 5.39 Å². The number of carbonyl (C=O) groups is 1. The van der Waals surface area contributed by atoms with Crippen LogP contribution >= 0.6 is 0 Å². The smallest absolute Gasteiger partial charge is 0.349 e. The summed E-state index contributed by atoms with van der Waals surface area (Å²) < 4.78 is 28.5. The lowest BCUT2D eigenvalue weighted by molar-refractivity contribution is 0.0554. The van der Waals surface area contributed by atoms with Gasteiger partial charge in [0, 0.05) is 37.6 Å². The van der Waals surface area contributed by atoms with Crippen LogP contribution in [0.1, 0.15) is 23.2 Å². The summed E-state index contributed by atoms with van der Waals surface area (Å²) in [6, 6.07) is 8.99. The van der Waals surface area contributed by atoms with Crippen molar-refractivity contribution < 1.29 is 17.6 Å². The second-order valence-electron chi connectivity index (χ2n) is 7.20. The average molecular weight is 390 g/mol. The maximum absolute atomic E-state index is 12.8. The Labute approximate surface area is 157 Å². The molecule has 2 aliphatic rings. The van der Waals surface area contributed by atoms with Crippen molar-refractivity contribution in [1.82, 2.24) is 9.80 Å². The third-order valence-corrected chi connectivity index (χ3v) is 7.23. The molecule has 7 nitrogen and oxygen atoms in total. The molecule has 1 amide bonds. The second-order valence-corrected chi connectivity index (χ2v) is 9.50. The standard InChI is InChI=1S/C19H22N2O5S/c22-18(16-13-14-3-1-2-4-17(14)26-19(16)23)21-9-7-20(8-10-21)15-5-11-27(24,25)12-6-15/h1-4,13,15H,5-12H2. The number of hydrogen-bond donors (Lipinski definition) is 0. The maximum Gasteiger partial charge on any atom is 0.349 e. The van der Waals surface area contributed by atoms with Crippen LogP contribution in [0.3, 0.4) is 0 Å². The Bertz CT molecular complexity index is 1010. The van der Waals surface area contributed by atoms with Crippen molar-refractivity contribution in [3.8, 4) is 0 Å². The lowest BCUT2D eigenvalue weighted by Gasteiger charge is -2.40. The minimum Gasteiger partial charge on any atom is -0.422 e. The SMILES string of the molecule is O=C(c1cc2ccccc2oc1=O)N1CCN(C2CCS(=O)(=O)CC2)CC1. The van der Waals surface area contributed by atoms with Crippen molar-refractivity contribution in [2.45, 2.75) is 18.9 Å². The van der Waals surface area contributed by atoms with E-state index in [1.807, 2.05) is 12.1 Å². The molecule has 27 heavy (non-hydrogen) atoms. The van der Waals surface area contributed by atoms with Crippen molar-refractivity contribution in [2.24, 2.45) is 0 Å². The first kappa shape index (κ1) is 18.2. The van der Waals surface area contributed by atoms with Gasteiger partial charge in [0.1, 0.15) is 21.0 Å². The van der Waals surface area contributed by atoms with E-state index in [1.165, 1.54) is 0 Å². The molecule has 1 aromatic heterocycles. The molecule has 8 heteroatoms. The molecule has 0 bridgehead atoms. The Morgan fingerprint density at radius 1 is 1.04 bits per heavy atom. The highest BCUT2D eigenvalue weighted by Gasteiger charge is 2.31. The van der Waals surface area contributed by atoms with Crippen LogP contribution in [0.25, 0.3) is 11.0 Å². The van der Waals surface area contributed by atoms with E-state index >= 15 is 0 Å². The topological polar surface area (TPSA) is 87.9 Å². The average Bonchev–Trinajstić information content (AvgIpc) is 2.67. The summed E-state index contributed by atoms with van der Waals surface area (Å²) in [5, 5.41) is 0.725. The number of benzene rings is 1. The Hall–Kier alpha value is -2.19. The van der Waals surface area contributed by atoms with Gasteiger partial charge >= 0.3 is 5.63 Å². The van der Waals surface area contributed by atoms with Gasteiger partial charge in [-0.2, -0.15) is 0 Å². The molecular weight excluding hydrogens is 368 g/mol. The lowest BCUT2D eigenvalue weighted by Crippen LogP contribution is -2.53. The second kappa shape index (κ2) is 7.09. The van der Waals surface area contributed by atoms with Crippen molar-refractivity contribution >= 4 is 26.7 Å². The first-order valence-corrected chi connectivity index (χ1v) is 11.0. The molecular formula is C19H22N2O5S. The van der Waals surface area contributed by atoms with Crippen LogP contribution < -0.4 is 5.63 Å². The van der Waals surface area contributed by atoms with Gasteiger partial charge in [-0.05, 0) is 25.0 Å². The van der Waals surface area contributed by atoms with E-state index in [0.29, 0.717) is 44.6 Å². The third kappa shape index (κ3) is 3.77. The fraction of sp³-hybridized carbons (Fsp3) is 0.474. The van der Waals surface area contributed by atoms with Gasteiger partial charge in [0.15, 0.2) is 0 Å². The van der Waals surface area contributed by atoms with Gasteiger partial charge in [-0.1, -0.05) is 18.2 Å². The molecule has 0 spiro atoms. The number of sulfone groups is 1. The molecule has 3 heterocycles. The van der Waals surface area contributed by atoms with Crippen LogP contribution in [-0.2, 0) is 9.84 Å². The van der Waals surface area contributed by atoms with E-state index in [-0.39, 0.29) is 29.0 Å². The van der Waals surface area contributed by atoms with Gasteiger partial charge in [-0.15, -0.1) is 0 Å². The molecule has 0 radical (unpaired) electrons. The molecule has 4 rings (SSSR count). The molecule has 2 aromatic rings. The number of rotatable bonds is 2. The number of fused-ring (bicyclic) bond motifs is 1. The molecule has 0 atom stereocenters. The zero-order chi connectivity index (χ0) is 19.0. The van der Waals surface area contributed by atoms with Gasteiger partial charge in [0.05, 0.1) is 11.5 Å². The molecule has 2 aliphatic heterocycles. The van der Waals surface area contributed by atoms with E-state index in [9.17, 15) is 18.0 Å². The molecule has 2 saturated heterocycles. The van der Waals surface area contributed by atoms with Gasteiger partial charge in [0.2, 0.25) is 0 Å². The van der Waals surface area contributed by atoms with Crippen LogP contribution in [-0.4, -0.2) is 67.9 Å². The zero-order valence-electron chi connectivity index (χ0n) is 15.0. The molecule has 0 unspecified atom stereocenters. The summed E-state index contributed by atoms with van der Waals surface area (Å²) in [5.74, 6) is 0.185. The molecule has 1 aromatic carbocycles. The number of hydrogen-bond acceptors (Lipinski definition) is 6. The molecule has 0 N–H and O–H groups in total. The number of amides is 1. The fourth-order valence-corrected chi connectivity index (χ4v) is 5.38. The Morgan fingerprint density at radius 2 is 1.70 bits per heavy atom. The fourth-order valence-electron chi connectivity index (χ4n) is 3.91. The normalized spacial score (nSPS) is 21.4. The Morgan fingerprint density at radius 3 is 2.41 bits per heavy atom. The highest BCUT2D eigenvalue weighted by Crippen LogP contribution is 2.20. The van der Waals surface area contributed by atoms with Gasteiger partial charge in [0.25, 0.3) is 5.91 Å². The summed E-state index contributed by atoms with van der Waals surface area (Å²) in [6.07, 6.45) is 1.31. The summed E-state index contributed by atoms with van der Waals surface area (Å²) in [5.41, 5.74) is -0.0827.